The van der Waals surface area contributed by atoms with Crippen molar-refractivity contribution < 1.29 is 19.5 Å². The zero-order valence-corrected chi connectivity index (χ0v) is 24.2. The van der Waals surface area contributed by atoms with Crippen LogP contribution in [-0.2, 0) is 9.63 Å². The van der Waals surface area contributed by atoms with Crippen LogP contribution in [0.3, 0.4) is 0 Å². The van der Waals surface area contributed by atoms with Gasteiger partial charge >= 0.3 is 6.09 Å². The van der Waals surface area contributed by atoms with Gasteiger partial charge in [-0.1, -0.05) is 19.0 Å². The van der Waals surface area contributed by atoms with Gasteiger partial charge in [0.05, 0.1) is 17.9 Å². The fourth-order valence-corrected chi connectivity index (χ4v) is 9.92. The number of carbonyl (C=O) groups excluding carboxylic acids is 2. The van der Waals surface area contributed by atoms with E-state index in [0.717, 1.165) is 49.7 Å². The first-order valence-electron chi connectivity index (χ1n) is 15.2. The summed E-state index contributed by atoms with van der Waals surface area (Å²) in [4.78, 5) is 31.6. The van der Waals surface area contributed by atoms with Gasteiger partial charge in [0.1, 0.15) is 0 Å². The van der Waals surface area contributed by atoms with Crippen molar-refractivity contribution in [1.82, 2.24) is 15.5 Å². The monoisotopic (exact) mass is 530 g/mol. The Balaban J connectivity index is 1.18. The highest BCUT2D eigenvalue weighted by molar-refractivity contribution is 5.85. The van der Waals surface area contributed by atoms with E-state index in [1.807, 2.05) is 6.92 Å². The molecule has 0 aromatic carbocycles. The van der Waals surface area contributed by atoms with Crippen LogP contribution in [0.1, 0.15) is 91.4 Å². The molecule has 1 aliphatic heterocycles. The Hall–Kier alpha value is -1.67. The third-order valence-corrected chi connectivity index (χ3v) is 12.0. The molecule has 3 N–H and O–H groups in total. The first-order valence-corrected chi connectivity index (χ1v) is 15.2. The summed E-state index contributed by atoms with van der Waals surface area (Å²) in [7, 11) is 3.38. The fourth-order valence-electron chi connectivity index (χ4n) is 9.92. The van der Waals surface area contributed by atoms with Crippen molar-refractivity contribution in [2.45, 2.75) is 110 Å². The van der Waals surface area contributed by atoms with Gasteiger partial charge in [-0.05, 0) is 112 Å². The van der Waals surface area contributed by atoms with Crippen molar-refractivity contribution >= 4 is 17.7 Å². The number of hydrogen-bond donors (Lipinski definition) is 3. The minimum absolute atomic E-state index is 0.00459. The lowest BCUT2D eigenvalue weighted by atomic mass is 9.44. The third kappa shape index (κ3) is 4.89. The molecule has 0 aromatic heterocycles. The minimum Gasteiger partial charge on any atom is -0.393 e. The lowest BCUT2D eigenvalue weighted by molar-refractivity contribution is -0.123. The van der Waals surface area contributed by atoms with Crippen LogP contribution in [0.2, 0.25) is 0 Å². The number of hydrogen-bond acceptors (Lipinski definition) is 6. The van der Waals surface area contributed by atoms with E-state index in [4.69, 9.17) is 4.84 Å². The number of aliphatic hydroxyl groups is 1. The number of nitrogens with zero attached hydrogens (tertiary/aromatic N) is 2. The average molecular weight is 531 g/mol. The predicted molar refractivity (Wildman–Crippen MR) is 147 cm³/mol. The zero-order chi connectivity index (χ0) is 27.2. The van der Waals surface area contributed by atoms with Crippen molar-refractivity contribution in [3.05, 3.63) is 0 Å². The first kappa shape index (κ1) is 27.9. The maximum absolute atomic E-state index is 12.7. The van der Waals surface area contributed by atoms with Gasteiger partial charge in [0.25, 0.3) is 0 Å². The largest absolute Gasteiger partial charge is 0.435 e. The Kier molecular flexibility index (Phi) is 7.86. The van der Waals surface area contributed by atoms with Crippen molar-refractivity contribution in [2.75, 3.05) is 20.6 Å². The molecular weight excluding hydrogens is 480 g/mol. The second-order valence-corrected chi connectivity index (χ2v) is 13.8. The highest BCUT2D eigenvalue weighted by atomic mass is 16.7. The van der Waals surface area contributed by atoms with Crippen LogP contribution in [0.4, 0.5) is 4.79 Å². The van der Waals surface area contributed by atoms with Gasteiger partial charge in [-0.2, -0.15) is 0 Å². The molecule has 4 aliphatic carbocycles. The van der Waals surface area contributed by atoms with E-state index < -0.39 is 6.09 Å². The normalized spacial score (nSPS) is 44.5. The molecule has 5 aliphatic rings. The molecule has 214 valence electrons. The lowest BCUT2D eigenvalue weighted by Crippen LogP contribution is -2.54. The summed E-state index contributed by atoms with van der Waals surface area (Å²) in [6.07, 6.45) is 11.7. The van der Waals surface area contributed by atoms with Crippen LogP contribution in [0.25, 0.3) is 0 Å². The summed E-state index contributed by atoms with van der Waals surface area (Å²) < 4.78 is 0. The lowest BCUT2D eigenvalue weighted by Gasteiger charge is -2.61. The smallest absolute Gasteiger partial charge is 0.393 e. The van der Waals surface area contributed by atoms with Gasteiger partial charge < -0.3 is 20.6 Å². The second-order valence-electron chi connectivity index (χ2n) is 13.8. The molecule has 5 fully saturated rings. The Labute approximate surface area is 228 Å². The van der Waals surface area contributed by atoms with Crippen molar-refractivity contribution in [1.29, 1.82) is 0 Å². The van der Waals surface area contributed by atoms with E-state index in [1.165, 1.54) is 38.5 Å². The number of carbonyl (C=O) groups is 2. The molecule has 1 saturated heterocycles. The molecule has 0 aromatic rings. The molecule has 0 spiro atoms. The zero-order valence-electron chi connectivity index (χ0n) is 24.2. The molecule has 2 amide bonds. The van der Waals surface area contributed by atoms with Crippen LogP contribution < -0.4 is 10.6 Å². The maximum atomic E-state index is 12.7. The van der Waals surface area contributed by atoms with E-state index in [1.54, 1.807) is 19.0 Å². The Bertz CT molecular complexity index is 941. The number of oxime groups is 1. The van der Waals surface area contributed by atoms with E-state index in [-0.39, 0.29) is 29.5 Å². The highest BCUT2D eigenvalue weighted by Crippen LogP contribution is 2.67. The van der Waals surface area contributed by atoms with Gasteiger partial charge in [-0.25, -0.2) is 4.79 Å². The molecular formula is C30H50N4O4. The summed E-state index contributed by atoms with van der Waals surface area (Å²) >= 11 is 0. The number of rotatable bonds is 5. The maximum Gasteiger partial charge on any atom is 0.435 e. The van der Waals surface area contributed by atoms with Gasteiger partial charge in [0, 0.05) is 32.6 Å². The number of amides is 2. The molecule has 5 rings (SSSR count). The second kappa shape index (κ2) is 10.7. The van der Waals surface area contributed by atoms with E-state index in [0.29, 0.717) is 29.7 Å². The van der Waals surface area contributed by atoms with Crippen LogP contribution in [-0.4, -0.2) is 66.5 Å². The molecule has 8 nitrogen and oxygen atoms in total. The molecule has 0 radical (unpaired) electrons. The third-order valence-electron chi connectivity index (χ3n) is 12.0. The summed E-state index contributed by atoms with van der Waals surface area (Å²) in [5, 5.41) is 20.7. The molecule has 38 heavy (non-hydrogen) atoms. The SMILES string of the molecule is CNC(=O)C1CCC(CN(C)C(=O)O/N=C(\C)[C@H]2CC[C@H]3[C@@H]4CC[C@@H]5C[C@@H](O)CC[C@]5(C)[C@H]4CC[C@]23C)N1. The van der Waals surface area contributed by atoms with E-state index in [2.05, 4.69) is 29.6 Å². The van der Waals surface area contributed by atoms with E-state index in [9.17, 15) is 14.7 Å². The molecule has 0 bridgehead atoms. The number of likely N-dealkylation sites (N-methyl/N-ethyl adjacent to an activating group) is 2. The molecule has 8 heteroatoms. The molecule has 10 atom stereocenters. The summed E-state index contributed by atoms with van der Waals surface area (Å²) in [6.45, 7) is 7.55. The number of aliphatic hydroxyl groups excluding tert-OH is 1. The van der Waals surface area contributed by atoms with Gasteiger partial charge in [0.2, 0.25) is 5.91 Å². The van der Waals surface area contributed by atoms with Crippen molar-refractivity contribution in [3.63, 3.8) is 0 Å². The highest BCUT2D eigenvalue weighted by Gasteiger charge is 2.60. The quantitative estimate of drug-likeness (QED) is 0.279. The van der Waals surface area contributed by atoms with E-state index >= 15 is 0 Å². The van der Waals surface area contributed by atoms with Gasteiger partial charge in [-0.3, -0.25) is 9.63 Å². The van der Waals surface area contributed by atoms with Crippen LogP contribution in [0, 0.1) is 40.4 Å². The Morgan fingerprint density at radius 1 is 1.03 bits per heavy atom. The summed E-state index contributed by atoms with van der Waals surface area (Å²) in [6, 6.07) is -0.114. The fraction of sp³-hybridized carbons (Fsp3) is 0.900. The summed E-state index contributed by atoms with van der Waals surface area (Å²) in [5.41, 5.74) is 1.56. The van der Waals surface area contributed by atoms with Crippen molar-refractivity contribution in [2.24, 2.45) is 45.6 Å². The molecule has 1 heterocycles. The van der Waals surface area contributed by atoms with Gasteiger partial charge in [-0.15, -0.1) is 0 Å². The van der Waals surface area contributed by atoms with Crippen molar-refractivity contribution in [3.8, 4) is 0 Å². The number of fused-ring (bicyclic) bond motifs is 5. The Morgan fingerprint density at radius 3 is 2.53 bits per heavy atom. The molecule has 4 saturated carbocycles. The van der Waals surface area contributed by atoms with Crippen LogP contribution >= 0.6 is 0 Å². The Morgan fingerprint density at radius 2 is 1.76 bits per heavy atom. The predicted octanol–water partition coefficient (Wildman–Crippen LogP) is 4.32. The van der Waals surface area contributed by atoms with Crippen LogP contribution in [0.15, 0.2) is 5.16 Å². The number of nitrogens with one attached hydrogen (secondary N) is 2. The van der Waals surface area contributed by atoms with Crippen LogP contribution in [0.5, 0.6) is 0 Å². The summed E-state index contributed by atoms with van der Waals surface area (Å²) in [5.74, 6) is 3.30. The average Bonchev–Trinajstić information content (AvgIpc) is 3.51. The topological polar surface area (TPSA) is 103 Å². The first-order chi connectivity index (χ1) is 18.1. The molecule has 2 unspecified atom stereocenters. The van der Waals surface area contributed by atoms with Gasteiger partial charge in [0.15, 0.2) is 0 Å². The minimum atomic E-state index is -0.441. The standard InChI is InChI=1S/C30H50N4O4/c1-18(33-38-28(37)34(5)17-20-7-11-26(32-20)27(36)31-4)23-9-10-24-22-8-6-19-16-21(35)12-14-29(19,2)25(22)13-15-30(23,24)3/h19-26,32,35H,6-17H2,1-5H3,(H,31,36)/b33-18+/t19-,20?,21+,22+,23-,24+,25+,26?,29+,30-/m1/s1.